The van der Waals surface area contributed by atoms with Crippen molar-refractivity contribution in [1.29, 1.82) is 0 Å². The predicted octanol–water partition coefficient (Wildman–Crippen LogP) is 1.14. The lowest BCUT2D eigenvalue weighted by Crippen LogP contribution is -2.47. The van der Waals surface area contributed by atoms with Gasteiger partial charge >= 0.3 is 0 Å². The zero-order valence-corrected chi connectivity index (χ0v) is 8.96. The molecule has 2 fully saturated rings. The molecule has 14 heavy (non-hydrogen) atoms. The maximum absolute atomic E-state index is 11.2. The first kappa shape index (κ1) is 9.97. The average molecular weight is 196 g/mol. The van der Waals surface area contributed by atoms with Crippen molar-refractivity contribution in [2.24, 2.45) is 0 Å². The maximum Gasteiger partial charge on any atom is 0.219 e. The van der Waals surface area contributed by atoms with Gasteiger partial charge in [0.1, 0.15) is 0 Å². The van der Waals surface area contributed by atoms with E-state index in [9.17, 15) is 4.79 Å². The fraction of sp³-hybridized carbons (Fsp3) is 0.909. The molecule has 3 heteroatoms. The van der Waals surface area contributed by atoms with Crippen LogP contribution in [0.5, 0.6) is 0 Å². The molecule has 0 aliphatic carbocycles. The third kappa shape index (κ3) is 2.08. The highest BCUT2D eigenvalue weighted by molar-refractivity contribution is 5.75. The van der Waals surface area contributed by atoms with Crippen LogP contribution < -0.4 is 5.32 Å². The number of piperidine rings is 1. The van der Waals surface area contributed by atoms with Gasteiger partial charge in [0, 0.05) is 25.0 Å². The van der Waals surface area contributed by atoms with Crippen molar-refractivity contribution in [3.05, 3.63) is 0 Å². The predicted molar refractivity (Wildman–Crippen MR) is 56.1 cm³/mol. The number of carbonyl (C=O) groups is 1. The van der Waals surface area contributed by atoms with Gasteiger partial charge in [-0.2, -0.15) is 0 Å². The molecule has 2 unspecified atom stereocenters. The molecule has 0 radical (unpaired) electrons. The summed E-state index contributed by atoms with van der Waals surface area (Å²) in [5.74, 6) is 0.210. The Bertz CT molecular complexity index is 217. The highest BCUT2D eigenvalue weighted by Crippen LogP contribution is 2.26. The van der Waals surface area contributed by atoms with Gasteiger partial charge in [-0.05, 0) is 32.2 Å². The van der Waals surface area contributed by atoms with E-state index in [1.807, 2.05) is 6.92 Å². The van der Waals surface area contributed by atoms with Crippen molar-refractivity contribution in [2.75, 3.05) is 13.1 Å². The fourth-order valence-electron chi connectivity index (χ4n) is 2.69. The molecule has 1 N–H and O–H groups in total. The number of hydrogen-bond acceptors (Lipinski definition) is 2. The fourth-order valence-corrected chi connectivity index (χ4v) is 2.69. The molecule has 2 rings (SSSR count). The number of nitrogens with one attached hydrogen (secondary N) is 1. The second-order valence-electron chi connectivity index (χ2n) is 4.47. The minimum absolute atomic E-state index is 0.210. The van der Waals surface area contributed by atoms with E-state index in [1.54, 1.807) is 0 Å². The van der Waals surface area contributed by atoms with Crippen LogP contribution in [0.15, 0.2) is 0 Å². The molecule has 1 amide bonds. The summed E-state index contributed by atoms with van der Waals surface area (Å²) in [6.07, 6.45) is 5.61. The van der Waals surface area contributed by atoms with Crippen LogP contribution in [0.3, 0.4) is 0 Å². The first-order valence-corrected chi connectivity index (χ1v) is 5.83. The minimum atomic E-state index is 0.210. The number of fused-ring (bicyclic) bond motifs is 1. The van der Waals surface area contributed by atoms with Crippen LogP contribution in [0.25, 0.3) is 0 Å². The van der Waals surface area contributed by atoms with Gasteiger partial charge in [0.05, 0.1) is 0 Å². The van der Waals surface area contributed by atoms with Gasteiger partial charge in [-0.25, -0.2) is 0 Å². The quantitative estimate of drug-likeness (QED) is 0.718. The summed E-state index contributed by atoms with van der Waals surface area (Å²) in [4.78, 5) is 13.8. The first-order chi connectivity index (χ1) is 6.79. The first-order valence-electron chi connectivity index (χ1n) is 5.83. The molecule has 3 nitrogen and oxygen atoms in total. The highest BCUT2D eigenvalue weighted by atomic mass is 16.1. The van der Waals surface area contributed by atoms with Crippen molar-refractivity contribution in [2.45, 2.75) is 51.1 Å². The van der Waals surface area contributed by atoms with Crippen molar-refractivity contribution in [1.82, 2.24) is 10.2 Å². The Morgan fingerprint density at radius 2 is 2.29 bits per heavy atom. The van der Waals surface area contributed by atoms with Gasteiger partial charge < -0.3 is 10.2 Å². The second-order valence-corrected chi connectivity index (χ2v) is 4.47. The highest BCUT2D eigenvalue weighted by Gasteiger charge is 2.31. The largest absolute Gasteiger partial charge is 0.353 e. The number of amides is 1. The second kappa shape index (κ2) is 4.30. The van der Waals surface area contributed by atoms with E-state index in [0.717, 1.165) is 12.5 Å². The molecule has 0 saturated carbocycles. The molecule has 2 saturated heterocycles. The minimum Gasteiger partial charge on any atom is -0.353 e. The van der Waals surface area contributed by atoms with Gasteiger partial charge in [0.25, 0.3) is 0 Å². The van der Waals surface area contributed by atoms with E-state index in [1.165, 1.54) is 32.4 Å². The molecule has 2 aliphatic rings. The van der Waals surface area contributed by atoms with E-state index in [0.29, 0.717) is 12.5 Å². The Morgan fingerprint density at radius 3 is 3.07 bits per heavy atom. The average Bonchev–Trinajstić information content (AvgIpc) is 2.64. The van der Waals surface area contributed by atoms with Gasteiger partial charge in [-0.15, -0.1) is 0 Å². The van der Waals surface area contributed by atoms with Gasteiger partial charge in [0.15, 0.2) is 0 Å². The van der Waals surface area contributed by atoms with Crippen molar-refractivity contribution in [3.8, 4) is 0 Å². The molecule has 80 valence electrons. The maximum atomic E-state index is 11.2. The zero-order valence-electron chi connectivity index (χ0n) is 8.96. The summed E-state index contributed by atoms with van der Waals surface area (Å²) in [5, 5.41) is 3.12. The molecule has 0 aromatic heterocycles. The van der Waals surface area contributed by atoms with Crippen molar-refractivity contribution < 1.29 is 4.79 Å². The molecule has 2 aliphatic heterocycles. The Kier molecular flexibility index (Phi) is 3.06. The van der Waals surface area contributed by atoms with E-state index in [4.69, 9.17) is 0 Å². The number of hydrogen-bond donors (Lipinski definition) is 1. The van der Waals surface area contributed by atoms with E-state index < -0.39 is 0 Å². The summed E-state index contributed by atoms with van der Waals surface area (Å²) in [7, 11) is 0. The molecule has 2 atom stereocenters. The SMILES string of the molecule is CCC(=O)NC1CCN2CCCC2C1. The molecule has 0 aromatic carbocycles. The van der Waals surface area contributed by atoms with E-state index in [2.05, 4.69) is 10.2 Å². The molecule has 2 heterocycles. The smallest absolute Gasteiger partial charge is 0.219 e. The van der Waals surface area contributed by atoms with Gasteiger partial charge in [-0.3, -0.25) is 4.79 Å². The Labute approximate surface area is 85.8 Å². The van der Waals surface area contributed by atoms with Crippen LogP contribution in [0.4, 0.5) is 0 Å². The summed E-state index contributed by atoms with van der Waals surface area (Å²) in [6, 6.07) is 1.20. The molecular weight excluding hydrogens is 176 g/mol. The summed E-state index contributed by atoms with van der Waals surface area (Å²) < 4.78 is 0. The van der Waals surface area contributed by atoms with Crippen LogP contribution >= 0.6 is 0 Å². The summed E-state index contributed by atoms with van der Waals surface area (Å²) in [5.41, 5.74) is 0. The third-order valence-corrected chi connectivity index (χ3v) is 3.51. The van der Waals surface area contributed by atoms with Crippen LogP contribution in [0, 0.1) is 0 Å². The van der Waals surface area contributed by atoms with E-state index in [-0.39, 0.29) is 5.91 Å². The van der Waals surface area contributed by atoms with Gasteiger partial charge in [0.2, 0.25) is 5.91 Å². The summed E-state index contributed by atoms with van der Waals surface area (Å²) >= 11 is 0. The van der Waals surface area contributed by atoms with Gasteiger partial charge in [-0.1, -0.05) is 6.92 Å². The third-order valence-electron chi connectivity index (χ3n) is 3.51. The number of nitrogens with zero attached hydrogens (tertiary/aromatic N) is 1. The Hall–Kier alpha value is -0.570. The van der Waals surface area contributed by atoms with Crippen molar-refractivity contribution in [3.63, 3.8) is 0 Å². The number of carbonyl (C=O) groups excluding carboxylic acids is 1. The molecule has 0 spiro atoms. The normalized spacial score (nSPS) is 32.6. The molecule has 0 aromatic rings. The lowest BCUT2D eigenvalue weighted by molar-refractivity contribution is -0.121. The zero-order chi connectivity index (χ0) is 9.97. The molecule has 0 bridgehead atoms. The van der Waals surface area contributed by atoms with Crippen LogP contribution in [-0.2, 0) is 4.79 Å². The van der Waals surface area contributed by atoms with Crippen LogP contribution in [-0.4, -0.2) is 36.0 Å². The Morgan fingerprint density at radius 1 is 1.43 bits per heavy atom. The lowest BCUT2D eigenvalue weighted by Gasteiger charge is -2.35. The topological polar surface area (TPSA) is 32.3 Å². The standard InChI is InChI=1S/C11H20N2O/c1-2-11(14)12-9-5-7-13-6-3-4-10(13)8-9/h9-10H,2-8H2,1H3,(H,12,14). The molecular formula is C11H20N2O. The lowest BCUT2D eigenvalue weighted by atomic mass is 9.97. The van der Waals surface area contributed by atoms with Crippen molar-refractivity contribution >= 4 is 5.91 Å². The Balaban J connectivity index is 1.82. The van der Waals surface area contributed by atoms with Crippen LogP contribution in [0.1, 0.15) is 39.0 Å². The van der Waals surface area contributed by atoms with Crippen LogP contribution in [0.2, 0.25) is 0 Å². The summed E-state index contributed by atoms with van der Waals surface area (Å²) in [6.45, 7) is 4.37. The van der Waals surface area contributed by atoms with E-state index >= 15 is 0 Å². The monoisotopic (exact) mass is 196 g/mol. The number of rotatable bonds is 2.